The average Bonchev–Trinajstić information content (AvgIpc) is 3.30. The van der Waals surface area contributed by atoms with E-state index in [1.165, 1.54) is 6.92 Å². The van der Waals surface area contributed by atoms with Gasteiger partial charge in [0.2, 0.25) is 5.92 Å². The summed E-state index contributed by atoms with van der Waals surface area (Å²) in [6, 6.07) is 8.59. The Morgan fingerprint density at radius 3 is 2.65 bits per heavy atom. The number of nitrogens with zero attached hydrogens (tertiary/aromatic N) is 1. The van der Waals surface area contributed by atoms with Crippen LogP contribution >= 0.6 is 0 Å². The van der Waals surface area contributed by atoms with Gasteiger partial charge in [-0.1, -0.05) is 6.07 Å². The van der Waals surface area contributed by atoms with Crippen LogP contribution in [-0.2, 0) is 19.1 Å². The number of ether oxygens (including phenoxy) is 2. The van der Waals surface area contributed by atoms with E-state index < -0.39 is 23.6 Å². The molecule has 2 aromatic rings. The van der Waals surface area contributed by atoms with Gasteiger partial charge in [0, 0.05) is 17.6 Å². The SMILES string of the molecule is CC(=O)C(C(=O)Oc1ccc2cccnc2c1)C(=O)OC1CC1. The van der Waals surface area contributed by atoms with Crippen LogP contribution in [0.2, 0.25) is 0 Å². The molecular formula is C17H15NO5. The minimum Gasteiger partial charge on any atom is -0.461 e. The van der Waals surface area contributed by atoms with Crippen molar-refractivity contribution >= 4 is 28.6 Å². The van der Waals surface area contributed by atoms with Crippen molar-refractivity contribution in [2.45, 2.75) is 25.9 Å². The standard InChI is InChI=1S/C17H15NO5/c1-10(19)15(16(20)22-12-6-7-12)17(21)23-13-5-4-11-3-2-8-18-14(11)9-13/h2-5,8-9,12,15H,6-7H2,1H3. The lowest BCUT2D eigenvalue weighted by Crippen LogP contribution is -2.35. The van der Waals surface area contributed by atoms with Gasteiger partial charge in [-0.15, -0.1) is 0 Å². The average molecular weight is 313 g/mol. The Kier molecular flexibility index (Phi) is 4.06. The quantitative estimate of drug-likeness (QED) is 0.477. The summed E-state index contributed by atoms with van der Waals surface area (Å²) in [5.41, 5.74) is 0.651. The molecular weight excluding hydrogens is 298 g/mol. The second-order valence-corrected chi connectivity index (χ2v) is 5.46. The molecule has 6 nitrogen and oxygen atoms in total. The number of carbonyl (C=O) groups excluding carboxylic acids is 3. The minimum atomic E-state index is -1.55. The highest BCUT2D eigenvalue weighted by Gasteiger charge is 2.38. The normalized spacial score (nSPS) is 15.0. The first kappa shape index (κ1) is 15.1. The molecule has 23 heavy (non-hydrogen) atoms. The molecule has 0 N–H and O–H groups in total. The van der Waals surface area contributed by atoms with E-state index in [4.69, 9.17) is 9.47 Å². The lowest BCUT2D eigenvalue weighted by Gasteiger charge is -2.12. The van der Waals surface area contributed by atoms with Gasteiger partial charge < -0.3 is 9.47 Å². The van der Waals surface area contributed by atoms with Crippen molar-refractivity contribution < 1.29 is 23.9 Å². The molecule has 0 saturated heterocycles. The maximum absolute atomic E-state index is 12.2. The molecule has 1 aromatic heterocycles. The molecule has 1 atom stereocenters. The molecule has 6 heteroatoms. The van der Waals surface area contributed by atoms with Crippen LogP contribution in [-0.4, -0.2) is 28.8 Å². The summed E-state index contributed by atoms with van der Waals surface area (Å²) in [5.74, 6) is -3.69. The van der Waals surface area contributed by atoms with E-state index in [-0.39, 0.29) is 11.9 Å². The number of hydrogen-bond acceptors (Lipinski definition) is 6. The molecule has 0 spiro atoms. The fourth-order valence-electron chi connectivity index (χ4n) is 2.13. The van der Waals surface area contributed by atoms with Gasteiger partial charge in [0.1, 0.15) is 11.9 Å². The Bertz CT molecular complexity index is 781. The van der Waals surface area contributed by atoms with Gasteiger partial charge >= 0.3 is 11.9 Å². The van der Waals surface area contributed by atoms with Crippen LogP contribution in [0.5, 0.6) is 5.75 Å². The molecule has 0 bridgehead atoms. The van der Waals surface area contributed by atoms with Crippen LogP contribution < -0.4 is 4.74 Å². The van der Waals surface area contributed by atoms with Crippen molar-refractivity contribution in [3.05, 3.63) is 36.5 Å². The first-order valence-corrected chi connectivity index (χ1v) is 7.32. The lowest BCUT2D eigenvalue weighted by molar-refractivity contribution is -0.160. The third-order valence-electron chi connectivity index (χ3n) is 3.48. The van der Waals surface area contributed by atoms with E-state index in [1.807, 2.05) is 6.07 Å². The highest BCUT2D eigenvalue weighted by molar-refractivity contribution is 6.14. The molecule has 1 saturated carbocycles. The van der Waals surface area contributed by atoms with Crippen LogP contribution in [0.1, 0.15) is 19.8 Å². The molecule has 1 unspecified atom stereocenters. The zero-order valence-corrected chi connectivity index (χ0v) is 12.5. The highest BCUT2D eigenvalue weighted by Crippen LogP contribution is 2.25. The summed E-state index contributed by atoms with van der Waals surface area (Å²) in [4.78, 5) is 39.9. The van der Waals surface area contributed by atoms with Crippen LogP contribution in [0.4, 0.5) is 0 Å². The van der Waals surface area contributed by atoms with Crippen molar-refractivity contribution in [1.82, 2.24) is 4.98 Å². The first-order valence-electron chi connectivity index (χ1n) is 7.32. The van der Waals surface area contributed by atoms with Crippen LogP contribution in [0.25, 0.3) is 10.9 Å². The number of fused-ring (bicyclic) bond motifs is 1. The minimum absolute atomic E-state index is 0.179. The number of esters is 2. The van der Waals surface area contributed by atoms with Gasteiger partial charge in [0.15, 0.2) is 5.78 Å². The van der Waals surface area contributed by atoms with Crippen molar-refractivity contribution in [2.75, 3.05) is 0 Å². The summed E-state index contributed by atoms with van der Waals surface area (Å²) in [6.07, 6.45) is 2.98. The van der Waals surface area contributed by atoms with Crippen molar-refractivity contribution in [3.63, 3.8) is 0 Å². The van der Waals surface area contributed by atoms with Gasteiger partial charge in [0.25, 0.3) is 0 Å². The summed E-state index contributed by atoms with van der Waals surface area (Å²) in [7, 11) is 0. The molecule has 3 rings (SSSR count). The highest BCUT2D eigenvalue weighted by atomic mass is 16.6. The predicted octanol–water partition coefficient (Wildman–Crippen LogP) is 2.05. The van der Waals surface area contributed by atoms with E-state index >= 15 is 0 Å². The maximum atomic E-state index is 12.2. The van der Waals surface area contributed by atoms with Crippen molar-refractivity contribution in [2.24, 2.45) is 5.92 Å². The first-order chi connectivity index (χ1) is 11.0. The maximum Gasteiger partial charge on any atom is 0.333 e. The fraction of sp³-hybridized carbons (Fsp3) is 0.294. The molecule has 1 aliphatic rings. The van der Waals surface area contributed by atoms with Crippen LogP contribution in [0.15, 0.2) is 36.5 Å². The Labute approximate surface area is 132 Å². The number of Topliss-reactive ketones (excluding diaryl/α,β-unsaturated/α-hetero) is 1. The smallest absolute Gasteiger partial charge is 0.333 e. The molecule has 118 valence electrons. The number of rotatable bonds is 5. The largest absolute Gasteiger partial charge is 0.461 e. The monoisotopic (exact) mass is 313 g/mol. The number of benzene rings is 1. The Morgan fingerprint density at radius 2 is 1.96 bits per heavy atom. The van der Waals surface area contributed by atoms with Gasteiger partial charge in [-0.25, -0.2) is 0 Å². The zero-order valence-electron chi connectivity index (χ0n) is 12.5. The van der Waals surface area contributed by atoms with Crippen molar-refractivity contribution in [1.29, 1.82) is 0 Å². The van der Waals surface area contributed by atoms with Crippen LogP contribution in [0.3, 0.4) is 0 Å². The number of hydrogen-bond donors (Lipinski definition) is 0. The van der Waals surface area contributed by atoms with Gasteiger partial charge in [-0.3, -0.25) is 19.4 Å². The second-order valence-electron chi connectivity index (χ2n) is 5.46. The van der Waals surface area contributed by atoms with E-state index in [0.29, 0.717) is 5.52 Å². The number of aromatic nitrogens is 1. The number of ketones is 1. The predicted molar refractivity (Wildman–Crippen MR) is 80.7 cm³/mol. The fourth-order valence-corrected chi connectivity index (χ4v) is 2.13. The summed E-state index contributed by atoms with van der Waals surface area (Å²) >= 11 is 0. The lowest BCUT2D eigenvalue weighted by atomic mass is 10.1. The van der Waals surface area contributed by atoms with Gasteiger partial charge in [0.05, 0.1) is 5.52 Å². The zero-order chi connectivity index (χ0) is 16.4. The molecule has 0 aliphatic heterocycles. The summed E-state index contributed by atoms with van der Waals surface area (Å²) < 4.78 is 10.2. The van der Waals surface area contributed by atoms with Gasteiger partial charge in [-0.05, 0) is 38.0 Å². The molecule has 1 aliphatic carbocycles. The van der Waals surface area contributed by atoms with E-state index in [1.54, 1.807) is 30.5 Å². The Morgan fingerprint density at radius 1 is 1.17 bits per heavy atom. The van der Waals surface area contributed by atoms with E-state index in [0.717, 1.165) is 18.2 Å². The summed E-state index contributed by atoms with van der Waals surface area (Å²) in [6.45, 7) is 1.17. The van der Waals surface area contributed by atoms with Crippen molar-refractivity contribution in [3.8, 4) is 5.75 Å². The molecule has 1 heterocycles. The second kappa shape index (κ2) is 6.16. The third kappa shape index (κ3) is 3.53. The van der Waals surface area contributed by atoms with Gasteiger partial charge in [-0.2, -0.15) is 0 Å². The summed E-state index contributed by atoms with van der Waals surface area (Å²) in [5, 5.41) is 0.892. The van der Waals surface area contributed by atoms with E-state index in [2.05, 4.69) is 4.98 Å². The molecule has 1 aromatic carbocycles. The Balaban J connectivity index is 1.76. The topological polar surface area (TPSA) is 82.6 Å². The number of carbonyl (C=O) groups is 3. The number of pyridine rings is 1. The van der Waals surface area contributed by atoms with E-state index in [9.17, 15) is 14.4 Å². The molecule has 0 amide bonds. The third-order valence-corrected chi connectivity index (χ3v) is 3.48. The van der Waals surface area contributed by atoms with Crippen LogP contribution in [0, 0.1) is 5.92 Å². The molecule has 1 fully saturated rings. The molecule has 0 radical (unpaired) electrons. The Hall–Kier alpha value is -2.76.